The van der Waals surface area contributed by atoms with Gasteiger partial charge in [0.1, 0.15) is 11.1 Å². The average Bonchev–Trinajstić information content (AvgIpc) is 2.65. The first-order valence-corrected chi connectivity index (χ1v) is 5.86. The zero-order valence-electron chi connectivity index (χ0n) is 7.58. The summed E-state index contributed by atoms with van der Waals surface area (Å²) in [6, 6.07) is 0. The Kier molecular flexibility index (Phi) is 4.53. The molecule has 2 unspecified atom stereocenters. The van der Waals surface area contributed by atoms with Crippen molar-refractivity contribution >= 4 is 28.2 Å². The van der Waals surface area contributed by atoms with Gasteiger partial charge in [0.2, 0.25) is 0 Å². The molecule has 6 heteroatoms. The van der Waals surface area contributed by atoms with Crippen molar-refractivity contribution in [2.45, 2.75) is 19.1 Å². The second-order valence-electron chi connectivity index (χ2n) is 2.69. The molecule has 0 aliphatic rings. The summed E-state index contributed by atoms with van der Waals surface area (Å²) in [4.78, 5) is 14.5. The van der Waals surface area contributed by atoms with E-state index in [4.69, 9.17) is 0 Å². The van der Waals surface area contributed by atoms with Gasteiger partial charge in [-0.2, -0.15) is 0 Å². The molecule has 14 heavy (non-hydrogen) atoms. The van der Waals surface area contributed by atoms with E-state index in [0.29, 0.717) is 5.01 Å². The molecule has 0 spiro atoms. The Morgan fingerprint density at radius 3 is 2.93 bits per heavy atom. The molecular weight excluding hydrogens is 222 g/mol. The molecule has 0 aliphatic carbocycles. The van der Waals surface area contributed by atoms with Gasteiger partial charge in [-0.3, -0.25) is 4.79 Å². The Bertz CT molecular complexity index is 289. The Labute approximate surface area is 90.0 Å². The van der Waals surface area contributed by atoms with Gasteiger partial charge in [-0.25, -0.2) is 4.98 Å². The van der Waals surface area contributed by atoms with Gasteiger partial charge in [-0.1, -0.05) is 11.8 Å². The molecule has 1 aromatic heterocycles. The fourth-order valence-electron chi connectivity index (χ4n) is 0.839. The molecule has 0 amide bonds. The lowest BCUT2D eigenvalue weighted by Crippen LogP contribution is -2.21. The fourth-order valence-corrected chi connectivity index (χ4v) is 2.11. The number of carbonyl (C=O) groups excluding carboxylic acids is 1. The van der Waals surface area contributed by atoms with Crippen LogP contribution in [0.15, 0.2) is 11.6 Å². The van der Waals surface area contributed by atoms with Gasteiger partial charge in [0, 0.05) is 24.3 Å². The van der Waals surface area contributed by atoms with E-state index in [0.717, 1.165) is 11.8 Å². The van der Waals surface area contributed by atoms with Crippen molar-refractivity contribution in [2.24, 2.45) is 0 Å². The number of aliphatic hydroxyl groups is 2. The summed E-state index contributed by atoms with van der Waals surface area (Å²) in [5.41, 5.74) is 0. The number of rotatable bonds is 4. The van der Waals surface area contributed by atoms with Gasteiger partial charge in [0.15, 0.2) is 5.12 Å². The van der Waals surface area contributed by atoms with Gasteiger partial charge in [0.05, 0.1) is 6.10 Å². The molecule has 78 valence electrons. The van der Waals surface area contributed by atoms with Crippen LogP contribution in [0.2, 0.25) is 0 Å². The van der Waals surface area contributed by atoms with E-state index in [1.54, 1.807) is 11.6 Å². The van der Waals surface area contributed by atoms with Crippen molar-refractivity contribution in [3.8, 4) is 0 Å². The highest BCUT2D eigenvalue weighted by molar-refractivity contribution is 8.13. The summed E-state index contributed by atoms with van der Waals surface area (Å²) in [6.45, 7) is 1.42. The van der Waals surface area contributed by atoms with Crippen molar-refractivity contribution < 1.29 is 15.0 Å². The van der Waals surface area contributed by atoms with Crippen LogP contribution in [-0.2, 0) is 4.79 Å². The average molecular weight is 233 g/mol. The Morgan fingerprint density at radius 1 is 1.71 bits per heavy atom. The van der Waals surface area contributed by atoms with Gasteiger partial charge in [0.25, 0.3) is 0 Å². The van der Waals surface area contributed by atoms with E-state index >= 15 is 0 Å². The molecule has 0 radical (unpaired) electrons. The largest absolute Gasteiger partial charge is 0.389 e. The third-order valence-corrected chi connectivity index (χ3v) is 3.29. The quantitative estimate of drug-likeness (QED) is 0.805. The molecule has 0 fully saturated rings. The lowest BCUT2D eigenvalue weighted by Gasteiger charge is -2.13. The second kappa shape index (κ2) is 5.45. The number of carbonyl (C=O) groups is 1. The molecule has 0 aliphatic heterocycles. The Hall–Kier alpha value is -0.430. The number of thioether (sulfide) groups is 1. The Morgan fingerprint density at radius 2 is 2.43 bits per heavy atom. The standard InChI is InChI=1S/C8H11NO3S2/c1-5(10)14-4-6(11)7(12)8-9-2-3-13-8/h2-3,6-7,11-12H,4H2,1H3. The van der Waals surface area contributed by atoms with Crippen LogP contribution in [-0.4, -0.2) is 32.2 Å². The van der Waals surface area contributed by atoms with Gasteiger partial charge < -0.3 is 10.2 Å². The molecule has 2 N–H and O–H groups in total. The number of aliphatic hydroxyl groups excluding tert-OH is 2. The zero-order chi connectivity index (χ0) is 10.6. The molecule has 1 heterocycles. The van der Waals surface area contributed by atoms with E-state index in [1.165, 1.54) is 18.3 Å². The third kappa shape index (κ3) is 3.38. The van der Waals surface area contributed by atoms with Crippen LogP contribution in [0.5, 0.6) is 0 Å². The number of aromatic nitrogens is 1. The second-order valence-corrected chi connectivity index (χ2v) is 4.81. The van der Waals surface area contributed by atoms with Crippen LogP contribution in [0.1, 0.15) is 18.0 Å². The van der Waals surface area contributed by atoms with Gasteiger partial charge >= 0.3 is 0 Å². The van der Waals surface area contributed by atoms with E-state index in [2.05, 4.69) is 4.98 Å². The minimum atomic E-state index is -0.998. The highest BCUT2D eigenvalue weighted by Gasteiger charge is 2.20. The fraction of sp³-hybridized carbons (Fsp3) is 0.500. The molecular formula is C8H11NO3S2. The summed E-state index contributed by atoms with van der Waals surface area (Å²) in [5.74, 6) is 0.191. The van der Waals surface area contributed by atoms with Crippen molar-refractivity contribution in [3.05, 3.63) is 16.6 Å². The highest BCUT2D eigenvalue weighted by Crippen LogP contribution is 2.21. The third-order valence-electron chi connectivity index (χ3n) is 1.53. The predicted octanol–water partition coefficient (Wildman–Crippen LogP) is 0.817. The van der Waals surface area contributed by atoms with Crippen molar-refractivity contribution in [1.82, 2.24) is 4.98 Å². The summed E-state index contributed by atoms with van der Waals surface area (Å²) < 4.78 is 0. The first kappa shape index (κ1) is 11.6. The smallest absolute Gasteiger partial charge is 0.185 e. The van der Waals surface area contributed by atoms with Crippen LogP contribution in [0, 0.1) is 0 Å². The van der Waals surface area contributed by atoms with Gasteiger partial charge in [-0.15, -0.1) is 11.3 Å². The monoisotopic (exact) mass is 233 g/mol. The topological polar surface area (TPSA) is 70.4 Å². The first-order chi connectivity index (χ1) is 6.61. The van der Waals surface area contributed by atoms with Crippen LogP contribution in [0.25, 0.3) is 0 Å². The number of thiazole rings is 1. The van der Waals surface area contributed by atoms with E-state index < -0.39 is 12.2 Å². The molecule has 0 saturated heterocycles. The maximum atomic E-state index is 10.6. The molecule has 1 aromatic rings. The molecule has 1 rings (SSSR count). The zero-order valence-corrected chi connectivity index (χ0v) is 9.22. The lowest BCUT2D eigenvalue weighted by molar-refractivity contribution is -0.109. The lowest BCUT2D eigenvalue weighted by atomic mass is 10.2. The van der Waals surface area contributed by atoms with Crippen LogP contribution < -0.4 is 0 Å². The molecule has 0 aromatic carbocycles. The molecule has 0 bridgehead atoms. The first-order valence-electron chi connectivity index (χ1n) is 4.00. The van der Waals surface area contributed by atoms with Crippen LogP contribution in [0.3, 0.4) is 0 Å². The summed E-state index contributed by atoms with van der Waals surface area (Å²) in [6.07, 6.45) is -0.384. The van der Waals surface area contributed by atoms with Crippen LogP contribution in [0.4, 0.5) is 0 Å². The normalized spacial score (nSPS) is 15.1. The van der Waals surface area contributed by atoms with Crippen molar-refractivity contribution in [3.63, 3.8) is 0 Å². The van der Waals surface area contributed by atoms with E-state index in [1.807, 2.05) is 0 Å². The minimum Gasteiger partial charge on any atom is -0.389 e. The maximum absolute atomic E-state index is 10.6. The minimum absolute atomic E-state index is 0.0737. The van der Waals surface area contributed by atoms with Crippen LogP contribution >= 0.6 is 23.1 Å². The number of hydrogen-bond acceptors (Lipinski definition) is 6. The molecule has 4 nitrogen and oxygen atoms in total. The predicted molar refractivity (Wildman–Crippen MR) is 56.2 cm³/mol. The highest BCUT2D eigenvalue weighted by atomic mass is 32.2. The Balaban J connectivity index is 2.44. The molecule has 2 atom stereocenters. The summed E-state index contributed by atoms with van der Waals surface area (Å²) in [5, 5.41) is 21.2. The summed E-state index contributed by atoms with van der Waals surface area (Å²) >= 11 is 2.27. The van der Waals surface area contributed by atoms with Gasteiger partial charge in [-0.05, 0) is 0 Å². The number of nitrogens with zero attached hydrogens (tertiary/aromatic N) is 1. The number of hydrogen-bond donors (Lipinski definition) is 2. The van der Waals surface area contributed by atoms with E-state index in [9.17, 15) is 15.0 Å². The summed E-state index contributed by atoms with van der Waals surface area (Å²) in [7, 11) is 0. The van der Waals surface area contributed by atoms with Crippen molar-refractivity contribution in [2.75, 3.05) is 5.75 Å². The SMILES string of the molecule is CC(=O)SCC(O)C(O)c1nccs1. The van der Waals surface area contributed by atoms with Crippen molar-refractivity contribution in [1.29, 1.82) is 0 Å². The maximum Gasteiger partial charge on any atom is 0.185 e. The van der Waals surface area contributed by atoms with E-state index in [-0.39, 0.29) is 10.9 Å². The molecule has 0 saturated carbocycles.